The van der Waals surface area contributed by atoms with Gasteiger partial charge in [0.05, 0.1) is 13.5 Å². The lowest BCUT2D eigenvalue weighted by molar-refractivity contribution is -0.130. The summed E-state index contributed by atoms with van der Waals surface area (Å²) in [6.45, 7) is 4.06. The lowest BCUT2D eigenvalue weighted by Gasteiger charge is -2.35. The Labute approximate surface area is 191 Å². The highest BCUT2D eigenvalue weighted by Gasteiger charge is 2.23. The van der Waals surface area contributed by atoms with E-state index in [1.54, 1.807) is 7.11 Å². The number of nitrogens with zero attached hydrogens (tertiary/aromatic N) is 3. The number of likely N-dealkylation sites (tertiary alicyclic amines) is 1. The van der Waals surface area contributed by atoms with Gasteiger partial charge in [0.2, 0.25) is 5.91 Å². The van der Waals surface area contributed by atoms with E-state index in [-0.39, 0.29) is 5.91 Å². The number of benzene rings is 2. The van der Waals surface area contributed by atoms with Crippen molar-refractivity contribution in [1.29, 1.82) is 0 Å². The number of amides is 1. The van der Waals surface area contributed by atoms with Crippen molar-refractivity contribution in [3.8, 4) is 5.75 Å². The molecule has 2 heterocycles. The summed E-state index contributed by atoms with van der Waals surface area (Å²) >= 11 is 0. The van der Waals surface area contributed by atoms with Crippen molar-refractivity contribution in [1.82, 2.24) is 14.4 Å². The largest absolute Gasteiger partial charge is 0.496 e. The number of fused-ring (bicyclic) bond motifs is 1. The van der Waals surface area contributed by atoms with Gasteiger partial charge < -0.3 is 19.1 Å². The molecular formula is C27H35N3O2. The van der Waals surface area contributed by atoms with Crippen LogP contribution in [0.15, 0.2) is 54.7 Å². The Morgan fingerprint density at radius 2 is 1.91 bits per heavy atom. The molecule has 3 aromatic rings. The summed E-state index contributed by atoms with van der Waals surface area (Å²) in [5, 5.41) is 1.18. The summed E-state index contributed by atoms with van der Waals surface area (Å²) in [5.41, 5.74) is 3.55. The zero-order valence-corrected chi connectivity index (χ0v) is 19.6. The summed E-state index contributed by atoms with van der Waals surface area (Å²) in [5.74, 6) is 1.70. The number of carbonyl (C=O) groups is 1. The third-order valence-electron chi connectivity index (χ3n) is 6.77. The molecule has 0 spiro atoms. The highest BCUT2D eigenvalue weighted by atomic mass is 16.5. The molecule has 0 saturated carbocycles. The molecule has 1 aromatic heterocycles. The van der Waals surface area contributed by atoms with Gasteiger partial charge in [-0.05, 0) is 55.0 Å². The van der Waals surface area contributed by atoms with Crippen LogP contribution >= 0.6 is 0 Å². The van der Waals surface area contributed by atoms with Crippen LogP contribution in [0.2, 0.25) is 0 Å². The van der Waals surface area contributed by atoms with E-state index >= 15 is 0 Å². The van der Waals surface area contributed by atoms with E-state index in [4.69, 9.17) is 4.74 Å². The summed E-state index contributed by atoms with van der Waals surface area (Å²) in [6, 6.07) is 16.6. The van der Waals surface area contributed by atoms with Gasteiger partial charge in [0.1, 0.15) is 5.75 Å². The highest BCUT2D eigenvalue weighted by molar-refractivity contribution is 5.89. The Bertz CT molecular complexity index is 1060. The van der Waals surface area contributed by atoms with Gasteiger partial charge in [-0.25, -0.2) is 0 Å². The molecule has 32 heavy (non-hydrogen) atoms. The molecule has 1 amide bonds. The molecule has 1 fully saturated rings. The minimum Gasteiger partial charge on any atom is -0.496 e. The average molecular weight is 434 g/mol. The molecular weight excluding hydrogens is 398 g/mol. The SMILES string of the molecule is COc1ccccc1CCN1CCCC(CN(C)C(=O)Cc2cn(C)c3ccccc23)C1. The van der Waals surface area contributed by atoms with Crippen molar-refractivity contribution in [2.75, 3.05) is 40.3 Å². The Balaban J connectivity index is 1.30. The molecule has 1 aliphatic heterocycles. The van der Waals surface area contributed by atoms with Crippen LogP contribution in [0.3, 0.4) is 0 Å². The molecule has 1 aliphatic rings. The predicted molar refractivity (Wildman–Crippen MR) is 130 cm³/mol. The van der Waals surface area contributed by atoms with Gasteiger partial charge in [0, 0.05) is 50.8 Å². The van der Waals surface area contributed by atoms with Crippen molar-refractivity contribution in [3.63, 3.8) is 0 Å². The minimum absolute atomic E-state index is 0.201. The molecule has 1 unspecified atom stereocenters. The van der Waals surface area contributed by atoms with E-state index in [0.29, 0.717) is 12.3 Å². The topological polar surface area (TPSA) is 37.7 Å². The summed E-state index contributed by atoms with van der Waals surface area (Å²) in [4.78, 5) is 17.5. The molecule has 0 aliphatic carbocycles. The van der Waals surface area contributed by atoms with Crippen molar-refractivity contribution < 1.29 is 9.53 Å². The van der Waals surface area contributed by atoms with Gasteiger partial charge >= 0.3 is 0 Å². The molecule has 2 aromatic carbocycles. The van der Waals surface area contributed by atoms with Crippen LogP contribution in [-0.4, -0.2) is 60.6 Å². The molecule has 0 bridgehead atoms. The number of carbonyl (C=O) groups excluding carboxylic acids is 1. The van der Waals surface area contributed by atoms with Crippen LogP contribution in [-0.2, 0) is 24.7 Å². The first-order chi connectivity index (χ1) is 15.5. The van der Waals surface area contributed by atoms with Crippen molar-refractivity contribution >= 4 is 16.8 Å². The van der Waals surface area contributed by atoms with Gasteiger partial charge in [-0.3, -0.25) is 4.79 Å². The summed E-state index contributed by atoms with van der Waals surface area (Å²) < 4.78 is 7.61. The van der Waals surface area contributed by atoms with Gasteiger partial charge in [0.15, 0.2) is 0 Å². The zero-order chi connectivity index (χ0) is 22.5. The minimum atomic E-state index is 0.201. The van der Waals surface area contributed by atoms with E-state index in [0.717, 1.165) is 43.9 Å². The second kappa shape index (κ2) is 10.2. The predicted octanol–water partition coefficient (Wildman–Crippen LogP) is 4.14. The fourth-order valence-corrected chi connectivity index (χ4v) is 5.04. The Morgan fingerprint density at radius 1 is 1.12 bits per heavy atom. The van der Waals surface area contributed by atoms with Crippen LogP contribution in [0, 0.1) is 5.92 Å². The number of likely N-dealkylation sites (N-methyl/N-ethyl adjacent to an activating group) is 1. The van der Waals surface area contributed by atoms with E-state index in [1.165, 1.54) is 29.3 Å². The molecule has 4 rings (SSSR count). The second-order valence-electron chi connectivity index (χ2n) is 9.10. The third-order valence-corrected chi connectivity index (χ3v) is 6.77. The molecule has 5 nitrogen and oxygen atoms in total. The number of aryl methyl sites for hydroxylation is 1. The standard InChI is InChI=1S/C27H35N3O2/c1-28-20-23(24-11-5-6-12-25(24)28)17-27(31)29(2)18-21-9-8-15-30(19-21)16-14-22-10-4-7-13-26(22)32-3/h4-7,10-13,20-21H,8-9,14-19H2,1-3H3. The van der Waals surface area contributed by atoms with Crippen LogP contribution in [0.4, 0.5) is 0 Å². The number of hydrogen-bond donors (Lipinski definition) is 0. The summed E-state index contributed by atoms with van der Waals surface area (Å²) in [7, 11) is 5.74. The molecule has 170 valence electrons. The van der Waals surface area contributed by atoms with Gasteiger partial charge in [-0.2, -0.15) is 0 Å². The fraction of sp³-hybridized carbons (Fsp3) is 0.444. The van der Waals surface area contributed by atoms with Crippen molar-refractivity contribution in [2.24, 2.45) is 13.0 Å². The number of ether oxygens (including phenoxy) is 1. The zero-order valence-electron chi connectivity index (χ0n) is 19.6. The lowest BCUT2D eigenvalue weighted by Crippen LogP contribution is -2.42. The molecule has 5 heteroatoms. The number of para-hydroxylation sites is 2. The maximum Gasteiger partial charge on any atom is 0.226 e. The number of methoxy groups -OCH3 is 1. The van der Waals surface area contributed by atoms with E-state index in [1.807, 2.05) is 43.3 Å². The highest BCUT2D eigenvalue weighted by Crippen LogP contribution is 2.23. The number of rotatable bonds is 8. The van der Waals surface area contributed by atoms with Gasteiger partial charge in [-0.15, -0.1) is 0 Å². The van der Waals surface area contributed by atoms with E-state index < -0.39 is 0 Å². The smallest absolute Gasteiger partial charge is 0.226 e. The Hall–Kier alpha value is -2.79. The van der Waals surface area contributed by atoms with Crippen molar-refractivity contribution in [3.05, 3.63) is 65.9 Å². The average Bonchev–Trinajstić information content (AvgIpc) is 3.13. The number of aromatic nitrogens is 1. The first-order valence-electron chi connectivity index (χ1n) is 11.7. The van der Waals surface area contributed by atoms with Crippen molar-refractivity contribution in [2.45, 2.75) is 25.7 Å². The van der Waals surface area contributed by atoms with Crippen LogP contribution in [0.1, 0.15) is 24.0 Å². The fourth-order valence-electron chi connectivity index (χ4n) is 5.04. The first kappa shape index (κ1) is 22.4. The van der Waals surface area contributed by atoms with Crippen LogP contribution in [0.25, 0.3) is 10.9 Å². The van der Waals surface area contributed by atoms with Crippen LogP contribution < -0.4 is 4.74 Å². The Morgan fingerprint density at radius 3 is 2.75 bits per heavy atom. The van der Waals surface area contributed by atoms with Gasteiger partial charge in [-0.1, -0.05) is 36.4 Å². The lowest BCUT2D eigenvalue weighted by atomic mass is 9.96. The summed E-state index contributed by atoms with van der Waals surface area (Å²) in [6.07, 6.45) is 5.93. The quantitative estimate of drug-likeness (QED) is 0.536. The Kier molecular flexibility index (Phi) is 7.15. The molecule has 0 N–H and O–H groups in total. The second-order valence-corrected chi connectivity index (χ2v) is 9.10. The molecule has 1 saturated heterocycles. The van der Waals surface area contributed by atoms with Gasteiger partial charge in [0.25, 0.3) is 0 Å². The third kappa shape index (κ3) is 5.16. The molecule has 0 radical (unpaired) electrons. The van der Waals surface area contributed by atoms with E-state index in [9.17, 15) is 4.79 Å². The van der Waals surface area contributed by atoms with E-state index in [2.05, 4.69) is 39.9 Å². The maximum atomic E-state index is 13.0. The monoisotopic (exact) mass is 433 g/mol. The van der Waals surface area contributed by atoms with Crippen LogP contribution in [0.5, 0.6) is 5.75 Å². The molecule has 1 atom stereocenters. The maximum absolute atomic E-state index is 13.0. The number of hydrogen-bond acceptors (Lipinski definition) is 3. The normalized spacial score (nSPS) is 16.9. The first-order valence-corrected chi connectivity index (χ1v) is 11.7. The number of piperidine rings is 1.